The molecule has 0 unspecified atom stereocenters. The number of nitrogens with zero attached hydrogens (tertiary/aromatic N) is 2. The van der Waals surface area contributed by atoms with Gasteiger partial charge in [0.15, 0.2) is 4.34 Å². The van der Waals surface area contributed by atoms with Crippen LogP contribution in [0.2, 0.25) is 0 Å². The standard InChI is InChI=1S/C20H23N3O2S2/c1-13(11-20(3,4)17-10-9-14(2)25-17)22-23-18(24)12-26-19-21-15-7-5-6-8-16(15)27-19/h5-10H,11-12H2,1-4H3,(H,23,24)/b22-13+. The summed E-state index contributed by atoms with van der Waals surface area (Å²) in [6.45, 7) is 8.06. The number of thiazole rings is 1. The van der Waals surface area contributed by atoms with Gasteiger partial charge in [0.25, 0.3) is 5.91 Å². The largest absolute Gasteiger partial charge is 0.466 e. The Balaban J connectivity index is 1.51. The van der Waals surface area contributed by atoms with E-state index >= 15 is 0 Å². The molecule has 142 valence electrons. The van der Waals surface area contributed by atoms with Crippen LogP contribution >= 0.6 is 23.1 Å². The highest BCUT2D eigenvalue weighted by atomic mass is 32.2. The minimum Gasteiger partial charge on any atom is -0.466 e. The lowest BCUT2D eigenvalue weighted by atomic mass is 9.85. The van der Waals surface area contributed by atoms with E-state index in [4.69, 9.17) is 4.42 Å². The summed E-state index contributed by atoms with van der Waals surface area (Å²) < 4.78 is 7.76. The molecule has 3 rings (SSSR count). The molecular formula is C20H23N3O2S2. The van der Waals surface area contributed by atoms with Gasteiger partial charge in [0, 0.05) is 11.1 Å². The molecule has 0 saturated heterocycles. The number of carbonyl (C=O) groups excluding carboxylic acids is 1. The summed E-state index contributed by atoms with van der Waals surface area (Å²) in [5.41, 5.74) is 4.28. The summed E-state index contributed by atoms with van der Waals surface area (Å²) in [6.07, 6.45) is 0.700. The van der Waals surface area contributed by atoms with Crippen LogP contribution in [0.25, 0.3) is 10.2 Å². The third kappa shape index (κ3) is 5.20. The first-order valence-electron chi connectivity index (χ1n) is 8.71. The fraction of sp³-hybridized carbons (Fsp3) is 0.350. The maximum atomic E-state index is 12.1. The Bertz CT molecular complexity index is 939. The molecule has 5 nitrogen and oxygen atoms in total. The van der Waals surface area contributed by atoms with Crippen LogP contribution in [0.1, 0.15) is 38.7 Å². The van der Waals surface area contributed by atoms with Gasteiger partial charge in [0.05, 0.1) is 16.0 Å². The van der Waals surface area contributed by atoms with Gasteiger partial charge in [-0.3, -0.25) is 4.79 Å². The van der Waals surface area contributed by atoms with Crippen molar-refractivity contribution in [2.75, 3.05) is 5.75 Å². The summed E-state index contributed by atoms with van der Waals surface area (Å²) >= 11 is 3.03. The number of furan rings is 1. The summed E-state index contributed by atoms with van der Waals surface area (Å²) in [5, 5.41) is 4.24. The summed E-state index contributed by atoms with van der Waals surface area (Å²) in [4.78, 5) is 16.6. The second kappa shape index (κ2) is 8.27. The van der Waals surface area contributed by atoms with Crippen molar-refractivity contribution in [3.05, 3.63) is 47.9 Å². The van der Waals surface area contributed by atoms with Crippen LogP contribution in [0.15, 0.2) is 50.3 Å². The van der Waals surface area contributed by atoms with E-state index in [-0.39, 0.29) is 17.1 Å². The van der Waals surface area contributed by atoms with Gasteiger partial charge in [-0.2, -0.15) is 5.10 Å². The first kappa shape index (κ1) is 19.6. The van der Waals surface area contributed by atoms with E-state index in [0.717, 1.165) is 31.8 Å². The number of hydrogen-bond acceptors (Lipinski definition) is 6. The molecule has 0 aliphatic carbocycles. The van der Waals surface area contributed by atoms with Gasteiger partial charge in [0.2, 0.25) is 0 Å². The van der Waals surface area contributed by atoms with Gasteiger partial charge < -0.3 is 4.42 Å². The number of nitrogens with one attached hydrogen (secondary N) is 1. The Morgan fingerprint density at radius 1 is 1.30 bits per heavy atom. The lowest BCUT2D eigenvalue weighted by Crippen LogP contribution is -2.24. The van der Waals surface area contributed by atoms with E-state index in [1.807, 2.05) is 50.2 Å². The molecule has 1 aromatic carbocycles. The van der Waals surface area contributed by atoms with Crippen LogP contribution in [0.4, 0.5) is 0 Å². The average Bonchev–Trinajstić information content (AvgIpc) is 3.24. The minimum absolute atomic E-state index is 0.134. The molecule has 1 amide bonds. The molecule has 2 heterocycles. The number of aromatic nitrogens is 1. The van der Waals surface area contributed by atoms with Crippen LogP contribution in [0.5, 0.6) is 0 Å². The van der Waals surface area contributed by atoms with E-state index < -0.39 is 0 Å². The van der Waals surface area contributed by atoms with Gasteiger partial charge in [-0.25, -0.2) is 10.4 Å². The molecule has 0 fully saturated rings. The van der Waals surface area contributed by atoms with Crippen LogP contribution < -0.4 is 5.43 Å². The van der Waals surface area contributed by atoms with Crippen molar-refractivity contribution in [1.29, 1.82) is 0 Å². The molecule has 0 spiro atoms. The van der Waals surface area contributed by atoms with Crippen LogP contribution in [-0.4, -0.2) is 22.4 Å². The average molecular weight is 402 g/mol. The summed E-state index contributed by atoms with van der Waals surface area (Å²) in [5.74, 6) is 1.97. The highest BCUT2D eigenvalue weighted by molar-refractivity contribution is 8.01. The number of thioether (sulfide) groups is 1. The third-order valence-corrected chi connectivity index (χ3v) is 6.26. The number of hydrogen-bond donors (Lipinski definition) is 1. The zero-order valence-electron chi connectivity index (χ0n) is 15.9. The van der Waals surface area contributed by atoms with E-state index in [1.165, 1.54) is 11.8 Å². The monoisotopic (exact) mass is 401 g/mol. The van der Waals surface area contributed by atoms with Crippen molar-refractivity contribution in [2.24, 2.45) is 5.10 Å². The SMILES string of the molecule is C/C(CC(C)(C)c1ccc(C)o1)=N\NC(=O)CSc1nc2ccccc2s1. The Labute approximate surface area is 167 Å². The third-order valence-electron chi connectivity index (χ3n) is 4.08. The van der Waals surface area contributed by atoms with E-state index in [0.29, 0.717) is 6.42 Å². The molecule has 3 aromatic rings. The van der Waals surface area contributed by atoms with Gasteiger partial charge in [-0.05, 0) is 44.5 Å². The second-order valence-electron chi connectivity index (χ2n) is 7.09. The quantitative estimate of drug-likeness (QED) is 0.338. The maximum absolute atomic E-state index is 12.1. The fourth-order valence-corrected chi connectivity index (χ4v) is 4.66. The molecule has 0 aliphatic heterocycles. The van der Waals surface area contributed by atoms with Crippen molar-refractivity contribution >= 4 is 44.9 Å². The van der Waals surface area contributed by atoms with Gasteiger partial charge >= 0.3 is 0 Å². The predicted octanol–water partition coefficient (Wildman–Crippen LogP) is 5.15. The minimum atomic E-state index is -0.178. The van der Waals surface area contributed by atoms with Gasteiger partial charge in [-0.15, -0.1) is 11.3 Å². The Hall–Kier alpha value is -2.12. The normalized spacial score (nSPS) is 12.5. The Kier molecular flexibility index (Phi) is 6.01. The Morgan fingerprint density at radius 2 is 2.07 bits per heavy atom. The smallest absolute Gasteiger partial charge is 0.250 e. The molecule has 2 aromatic heterocycles. The van der Waals surface area contributed by atoms with Gasteiger partial charge in [0.1, 0.15) is 11.5 Å². The van der Waals surface area contributed by atoms with Crippen molar-refractivity contribution in [1.82, 2.24) is 10.4 Å². The molecule has 0 atom stereocenters. The lowest BCUT2D eigenvalue weighted by Gasteiger charge is -2.21. The number of carbonyl (C=O) groups is 1. The van der Waals surface area contributed by atoms with Gasteiger partial charge in [-0.1, -0.05) is 37.7 Å². The van der Waals surface area contributed by atoms with Crippen molar-refractivity contribution in [3.63, 3.8) is 0 Å². The number of benzene rings is 1. The van der Waals surface area contributed by atoms with Crippen LogP contribution in [0, 0.1) is 6.92 Å². The predicted molar refractivity (Wildman–Crippen MR) is 113 cm³/mol. The second-order valence-corrected chi connectivity index (χ2v) is 9.34. The van der Waals surface area contributed by atoms with Crippen LogP contribution in [-0.2, 0) is 10.2 Å². The topological polar surface area (TPSA) is 67.5 Å². The Morgan fingerprint density at radius 3 is 2.78 bits per heavy atom. The molecule has 0 radical (unpaired) electrons. The first-order chi connectivity index (χ1) is 12.8. The van der Waals surface area contributed by atoms with Crippen molar-refractivity contribution in [2.45, 2.75) is 43.9 Å². The van der Waals surface area contributed by atoms with Crippen molar-refractivity contribution in [3.8, 4) is 0 Å². The molecule has 0 saturated carbocycles. The van der Waals surface area contributed by atoms with E-state index in [2.05, 4.69) is 29.4 Å². The van der Waals surface area contributed by atoms with Crippen molar-refractivity contribution < 1.29 is 9.21 Å². The number of hydrazone groups is 1. The number of amides is 1. The highest BCUT2D eigenvalue weighted by Gasteiger charge is 2.25. The van der Waals surface area contributed by atoms with E-state index in [9.17, 15) is 4.79 Å². The maximum Gasteiger partial charge on any atom is 0.250 e. The zero-order chi connectivity index (χ0) is 19.4. The zero-order valence-corrected chi connectivity index (χ0v) is 17.5. The summed E-state index contributed by atoms with van der Waals surface area (Å²) in [7, 11) is 0. The highest BCUT2D eigenvalue weighted by Crippen LogP contribution is 2.30. The number of rotatable bonds is 7. The molecular weight excluding hydrogens is 378 g/mol. The lowest BCUT2D eigenvalue weighted by molar-refractivity contribution is -0.118. The number of aryl methyl sites for hydroxylation is 1. The number of fused-ring (bicyclic) bond motifs is 1. The number of para-hydroxylation sites is 1. The molecule has 1 N–H and O–H groups in total. The fourth-order valence-electron chi connectivity index (χ4n) is 2.79. The molecule has 0 aliphatic rings. The molecule has 27 heavy (non-hydrogen) atoms. The molecule has 0 bridgehead atoms. The first-order valence-corrected chi connectivity index (χ1v) is 10.5. The summed E-state index contributed by atoms with van der Waals surface area (Å²) in [6, 6.07) is 11.9. The van der Waals surface area contributed by atoms with E-state index in [1.54, 1.807) is 11.3 Å². The molecule has 7 heteroatoms. The van der Waals surface area contributed by atoms with Crippen LogP contribution in [0.3, 0.4) is 0 Å².